The highest BCUT2D eigenvalue weighted by Gasteiger charge is 2.09. The number of ether oxygens (including phenoxy) is 1. The molecule has 0 aliphatic rings. The topological polar surface area (TPSA) is 67.4 Å². The first kappa shape index (κ1) is 19.6. The standard InChI is InChI=1S/C22H19BrN2O3/c1-15-6-10-17(11-7-15)21(26)24-25-22(27)18-12-8-16(9-13-18)14-28-20-5-3-2-4-19(20)23/h2-13H,14H2,1H3,(H,24,26)(H,25,27). The van der Waals surface area contributed by atoms with E-state index in [1.807, 2.05) is 55.5 Å². The van der Waals surface area contributed by atoms with Crippen molar-refractivity contribution in [1.29, 1.82) is 0 Å². The molecule has 0 spiro atoms. The van der Waals surface area contributed by atoms with Gasteiger partial charge in [-0.15, -0.1) is 0 Å². The molecule has 0 aliphatic heterocycles. The van der Waals surface area contributed by atoms with Gasteiger partial charge in [-0.05, 0) is 64.8 Å². The van der Waals surface area contributed by atoms with Crippen molar-refractivity contribution in [2.45, 2.75) is 13.5 Å². The molecular weight excluding hydrogens is 420 g/mol. The van der Waals surface area contributed by atoms with E-state index in [0.717, 1.165) is 21.3 Å². The highest BCUT2D eigenvalue weighted by Crippen LogP contribution is 2.24. The van der Waals surface area contributed by atoms with Crippen LogP contribution in [-0.2, 0) is 6.61 Å². The third-order valence-corrected chi connectivity index (χ3v) is 4.71. The van der Waals surface area contributed by atoms with Crippen LogP contribution in [0.25, 0.3) is 0 Å². The molecule has 0 unspecified atom stereocenters. The lowest BCUT2D eigenvalue weighted by Gasteiger charge is -2.10. The van der Waals surface area contributed by atoms with E-state index in [9.17, 15) is 9.59 Å². The summed E-state index contributed by atoms with van der Waals surface area (Å²) in [7, 11) is 0. The number of benzene rings is 3. The summed E-state index contributed by atoms with van der Waals surface area (Å²) in [5.41, 5.74) is 7.74. The van der Waals surface area contributed by atoms with Gasteiger partial charge in [0.1, 0.15) is 12.4 Å². The first-order valence-electron chi connectivity index (χ1n) is 8.66. The van der Waals surface area contributed by atoms with Crippen LogP contribution >= 0.6 is 15.9 Å². The van der Waals surface area contributed by atoms with Crippen LogP contribution in [0.5, 0.6) is 5.75 Å². The Labute approximate surface area is 171 Å². The number of hydrogen-bond donors (Lipinski definition) is 2. The maximum absolute atomic E-state index is 12.2. The summed E-state index contributed by atoms with van der Waals surface area (Å²) in [5.74, 6) is -0.00585. The second-order valence-corrected chi connectivity index (χ2v) is 7.04. The molecule has 0 atom stereocenters. The average Bonchev–Trinajstić information content (AvgIpc) is 2.72. The van der Waals surface area contributed by atoms with E-state index in [2.05, 4.69) is 26.8 Å². The van der Waals surface area contributed by atoms with Gasteiger partial charge in [-0.25, -0.2) is 0 Å². The maximum Gasteiger partial charge on any atom is 0.269 e. The molecule has 0 heterocycles. The Bertz CT molecular complexity index is 970. The molecule has 0 fully saturated rings. The number of hydrazine groups is 1. The number of amides is 2. The molecule has 5 nitrogen and oxygen atoms in total. The van der Waals surface area contributed by atoms with Crippen molar-refractivity contribution in [3.8, 4) is 5.75 Å². The van der Waals surface area contributed by atoms with Gasteiger partial charge in [0, 0.05) is 11.1 Å². The normalized spacial score (nSPS) is 10.2. The molecule has 28 heavy (non-hydrogen) atoms. The van der Waals surface area contributed by atoms with Crippen LogP contribution in [0.3, 0.4) is 0 Å². The Morgan fingerprint density at radius 2 is 1.36 bits per heavy atom. The lowest BCUT2D eigenvalue weighted by Crippen LogP contribution is -2.41. The van der Waals surface area contributed by atoms with Gasteiger partial charge in [0.05, 0.1) is 4.47 Å². The van der Waals surface area contributed by atoms with E-state index in [1.54, 1.807) is 24.3 Å². The number of aryl methyl sites for hydroxylation is 1. The number of carbonyl (C=O) groups is 2. The Balaban J connectivity index is 1.52. The molecule has 0 aliphatic carbocycles. The summed E-state index contributed by atoms with van der Waals surface area (Å²) in [6.45, 7) is 2.32. The van der Waals surface area contributed by atoms with Crippen molar-refractivity contribution >= 4 is 27.7 Å². The number of rotatable bonds is 5. The van der Waals surface area contributed by atoms with Gasteiger partial charge in [-0.3, -0.25) is 20.4 Å². The van der Waals surface area contributed by atoms with E-state index >= 15 is 0 Å². The quantitative estimate of drug-likeness (QED) is 0.579. The number of carbonyl (C=O) groups excluding carboxylic acids is 2. The SMILES string of the molecule is Cc1ccc(C(=O)NNC(=O)c2ccc(COc3ccccc3Br)cc2)cc1. The molecule has 0 aromatic heterocycles. The van der Waals surface area contributed by atoms with Gasteiger partial charge >= 0.3 is 0 Å². The van der Waals surface area contributed by atoms with Crippen LogP contribution in [0.1, 0.15) is 31.8 Å². The van der Waals surface area contributed by atoms with Crippen molar-refractivity contribution in [2.24, 2.45) is 0 Å². The molecule has 142 valence electrons. The summed E-state index contributed by atoms with van der Waals surface area (Å²) < 4.78 is 6.64. The summed E-state index contributed by atoms with van der Waals surface area (Å²) in [6.07, 6.45) is 0. The fourth-order valence-electron chi connectivity index (χ4n) is 2.44. The minimum atomic E-state index is -0.390. The highest BCUT2D eigenvalue weighted by molar-refractivity contribution is 9.10. The monoisotopic (exact) mass is 438 g/mol. The maximum atomic E-state index is 12.2. The van der Waals surface area contributed by atoms with Crippen LogP contribution < -0.4 is 15.6 Å². The lowest BCUT2D eigenvalue weighted by molar-refractivity contribution is 0.0846. The minimum Gasteiger partial charge on any atom is -0.488 e. The molecule has 3 aromatic rings. The van der Waals surface area contributed by atoms with Gasteiger partial charge in [0.25, 0.3) is 11.8 Å². The zero-order valence-corrected chi connectivity index (χ0v) is 16.8. The van der Waals surface area contributed by atoms with Gasteiger partial charge < -0.3 is 4.74 Å². The Morgan fingerprint density at radius 1 is 0.821 bits per heavy atom. The summed E-state index contributed by atoms with van der Waals surface area (Å²) in [6, 6.07) is 21.7. The zero-order chi connectivity index (χ0) is 19.9. The first-order valence-corrected chi connectivity index (χ1v) is 9.46. The van der Waals surface area contributed by atoms with Crippen LogP contribution in [0.15, 0.2) is 77.3 Å². The molecule has 6 heteroatoms. The smallest absolute Gasteiger partial charge is 0.269 e. The van der Waals surface area contributed by atoms with E-state index in [1.165, 1.54) is 0 Å². The van der Waals surface area contributed by atoms with Crippen LogP contribution in [0.4, 0.5) is 0 Å². The second kappa shape index (κ2) is 9.19. The van der Waals surface area contributed by atoms with E-state index in [0.29, 0.717) is 17.7 Å². The number of para-hydroxylation sites is 1. The predicted octanol–water partition coefficient (Wildman–Crippen LogP) is 4.41. The van der Waals surface area contributed by atoms with Gasteiger partial charge in [0.2, 0.25) is 0 Å². The first-order chi connectivity index (χ1) is 13.5. The average molecular weight is 439 g/mol. The van der Waals surface area contributed by atoms with E-state index < -0.39 is 5.91 Å². The molecule has 0 saturated heterocycles. The summed E-state index contributed by atoms with van der Waals surface area (Å²) in [4.78, 5) is 24.3. The van der Waals surface area contributed by atoms with Crippen LogP contribution in [0, 0.1) is 6.92 Å². The van der Waals surface area contributed by atoms with Gasteiger partial charge in [-0.1, -0.05) is 42.0 Å². The molecular formula is C22H19BrN2O3. The Hall–Kier alpha value is -3.12. The van der Waals surface area contributed by atoms with Gasteiger partial charge in [-0.2, -0.15) is 0 Å². The van der Waals surface area contributed by atoms with Crippen molar-refractivity contribution in [3.05, 3.63) is 99.5 Å². The summed E-state index contributed by atoms with van der Waals surface area (Å²) in [5, 5.41) is 0. The molecule has 0 radical (unpaired) electrons. The fraction of sp³-hybridized carbons (Fsp3) is 0.0909. The van der Waals surface area contributed by atoms with Gasteiger partial charge in [0.15, 0.2) is 0 Å². The molecule has 0 bridgehead atoms. The van der Waals surface area contributed by atoms with Crippen molar-refractivity contribution in [3.63, 3.8) is 0 Å². The molecule has 0 saturated carbocycles. The number of nitrogens with one attached hydrogen (secondary N) is 2. The van der Waals surface area contributed by atoms with E-state index in [4.69, 9.17) is 4.74 Å². The molecule has 2 amide bonds. The highest BCUT2D eigenvalue weighted by atomic mass is 79.9. The van der Waals surface area contributed by atoms with Crippen molar-refractivity contribution in [2.75, 3.05) is 0 Å². The molecule has 2 N–H and O–H groups in total. The van der Waals surface area contributed by atoms with E-state index in [-0.39, 0.29) is 5.91 Å². The molecule has 3 rings (SSSR count). The predicted molar refractivity (Wildman–Crippen MR) is 111 cm³/mol. The third-order valence-electron chi connectivity index (χ3n) is 4.05. The molecule has 3 aromatic carbocycles. The number of halogens is 1. The minimum absolute atomic E-state index is 0.369. The van der Waals surface area contributed by atoms with Crippen molar-refractivity contribution < 1.29 is 14.3 Å². The summed E-state index contributed by atoms with van der Waals surface area (Å²) >= 11 is 3.44. The second-order valence-electron chi connectivity index (χ2n) is 6.19. The van der Waals surface area contributed by atoms with Crippen LogP contribution in [-0.4, -0.2) is 11.8 Å². The van der Waals surface area contributed by atoms with Crippen LogP contribution in [0.2, 0.25) is 0 Å². The fourth-order valence-corrected chi connectivity index (χ4v) is 2.84. The van der Waals surface area contributed by atoms with Crippen molar-refractivity contribution in [1.82, 2.24) is 10.9 Å². The zero-order valence-electron chi connectivity index (χ0n) is 15.2. The Morgan fingerprint density at radius 3 is 1.93 bits per heavy atom. The lowest BCUT2D eigenvalue weighted by atomic mass is 10.1. The number of hydrogen-bond acceptors (Lipinski definition) is 3. The Kier molecular flexibility index (Phi) is 6.45. The third kappa shape index (κ3) is 5.20. The largest absolute Gasteiger partial charge is 0.488 e.